The fourth-order valence-corrected chi connectivity index (χ4v) is 0.581. The van der Waals surface area contributed by atoms with Crippen molar-refractivity contribution in [2.45, 2.75) is 6.42 Å². The molecule has 19 heavy (non-hydrogen) atoms. The van der Waals surface area contributed by atoms with E-state index in [0.29, 0.717) is 0 Å². The van der Waals surface area contributed by atoms with Crippen LogP contribution in [0.1, 0.15) is 6.42 Å². The van der Waals surface area contributed by atoms with Crippen molar-refractivity contribution in [2.24, 2.45) is 0 Å². The van der Waals surface area contributed by atoms with Gasteiger partial charge in [-0.05, 0) is 0 Å². The number of halogens is 2. The van der Waals surface area contributed by atoms with Crippen LogP contribution in [0.5, 0.6) is 0 Å². The van der Waals surface area contributed by atoms with Crippen LogP contribution in [-0.4, -0.2) is 12.6 Å². The zero-order valence-corrected chi connectivity index (χ0v) is 17.3. The quantitative estimate of drug-likeness (QED) is 0.527. The van der Waals surface area contributed by atoms with Crippen molar-refractivity contribution in [2.75, 3.05) is 0 Å². The van der Waals surface area contributed by atoms with Gasteiger partial charge >= 0.3 is 26.8 Å². The Balaban J connectivity index is -0.0000000142. The fourth-order valence-electron chi connectivity index (χ4n) is 0.581. The molecule has 0 aromatic carbocycles. The van der Waals surface area contributed by atoms with E-state index in [0.717, 1.165) is 6.42 Å². The third-order valence-corrected chi connectivity index (χ3v) is 1.03. The molecule has 0 radical (unpaired) electrons. The molecule has 1 N–H and O–H groups in total. The zero-order valence-electron chi connectivity index (χ0n) is 12.7. The van der Waals surface area contributed by atoms with Crippen molar-refractivity contribution < 1.29 is 19.2 Å². The first-order valence-electron chi connectivity index (χ1n) is 3.56. The van der Waals surface area contributed by atoms with Gasteiger partial charge in [0.05, 0.1) is 0 Å². The molecule has 0 atom stereocenters. The average Bonchev–Trinajstić information content (AvgIpc) is 2.87. The normalized spacial score (nSPS) is 6.89. The number of rotatable bonds is 0. The van der Waals surface area contributed by atoms with E-state index >= 15 is 0 Å². The van der Waals surface area contributed by atoms with Gasteiger partial charge in [-0.3, -0.25) is 6.08 Å². The molecule has 0 saturated carbocycles. The molecule has 0 amide bonds. The van der Waals surface area contributed by atoms with Gasteiger partial charge in [-0.25, -0.2) is 12.2 Å². The van der Waals surface area contributed by atoms with Crippen molar-refractivity contribution in [3.8, 4) is 0 Å². The summed E-state index contributed by atoms with van der Waals surface area (Å²) in [6, 6.07) is 3.71. The second-order valence-electron chi connectivity index (χ2n) is 1.82. The van der Waals surface area contributed by atoms with Crippen molar-refractivity contribution >= 4 is 32.4 Å². The summed E-state index contributed by atoms with van der Waals surface area (Å²) in [5, 5.41) is 0. The summed E-state index contributed by atoms with van der Waals surface area (Å²) in [4.78, 5) is 2.74. The molecule has 5 heteroatoms. The van der Waals surface area contributed by atoms with Crippen molar-refractivity contribution in [1.82, 2.24) is 4.98 Å². The number of hydrogen-bond donors (Lipinski definition) is 1. The van der Waals surface area contributed by atoms with Gasteiger partial charge in [0, 0.05) is 0 Å². The molecule has 0 spiro atoms. The number of hydrogen-bond acceptors (Lipinski definition) is 0. The van der Waals surface area contributed by atoms with Crippen molar-refractivity contribution in [3.63, 3.8) is 0 Å². The Bertz CT molecular complexity index is 200. The minimum atomic E-state index is 0. The summed E-state index contributed by atoms with van der Waals surface area (Å²) in [6.45, 7) is 0. The number of aromatic nitrogens is 1. The molecule has 1 heterocycles. The third-order valence-electron chi connectivity index (χ3n) is 1.03. The molecule has 2 rings (SSSR count). The smallest absolute Gasteiger partial charge is 0.108 e. The second kappa shape index (κ2) is 51.7. The maximum Gasteiger partial charge on any atom is -0.108 e. The number of aromatic amines is 1. The summed E-state index contributed by atoms with van der Waals surface area (Å²) in [5.74, 6) is 0. The van der Waals surface area contributed by atoms with Crippen LogP contribution in [0.15, 0.2) is 36.6 Å². The van der Waals surface area contributed by atoms with Gasteiger partial charge in [-0.1, -0.05) is 0 Å². The van der Waals surface area contributed by atoms with E-state index < -0.39 is 0 Å². The first-order valence-corrected chi connectivity index (χ1v) is 7.58. The Hall–Kier alpha value is 0.271. The van der Waals surface area contributed by atoms with E-state index in [1.807, 2.05) is 57.3 Å². The Morgan fingerprint density at radius 3 is 1.63 bits per heavy atom. The van der Waals surface area contributed by atoms with Gasteiger partial charge in [0.2, 0.25) is 0 Å². The van der Waals surface area contributed by atoms with E-state index in [2.05, 4.69) is 23.3 Å². The predicted octanol–water partition coefficient (Wildman–Crippen LogP) is 4.30. The van der Waals surface area contributed by atoms with Crippen LogP contribution >= 0.6 is 24.8 Å². The molecule has 1 aliphatic carbocycles. The van der Waals surface area contributed by atoms with E-state index in [1.165, 1.54) is 0 Å². The molecule has 0 aliphatic heterocycles. The van der Waals surface area contributed by atoms with E-state index in [4.69, 9.17) is 0 Å². The van der Waals surface area contributed by atoms with Crippen molar-refractivity contribution in [3.05, 3.63) is 86.0 Å². The monoisotopic (exact) mass is 356 g/mol. The fraction of sp³-hybridized carbons (Fsp3) is 0.0714. The molecule has 1 nitrogen and oxygen atoms in total. The molecule has 0 bridgehead atoms. The Kier molecular flexibility index (Phi) is 138. The van der Waals surface area contributed by atoms with Crippen LogP contribution in [0.25, 0.3) is 0 Å². The number of nitrogens with one attached hydrogen (secondary N) is 1. The molecule has 118 valence electrons. The summed E-state index contributed by atoms with van der Waals surface area (Å²) >= 11 is 2.03. The summed E-state index contributed by atoms with van der Waals surface area (Å²) in [6.07, 6.45) is 14.6. The predicted molar refractivity (Wildman–Crippen MR) is 96.3 cm³/mol. The zero-order chi connectivity index (χ0) is 9.07. The Morgan fingerprint density at radius 2 is 1.53 bits per heavy atom. The Labute approximate surface area is 148 Å². The first kappa shape index (κ1) is 50.6. The minimum absolute atomic E-state index is 0. The van der Waals surface area contributed by atoms with Crippen LogP contribution < -0.4 is 0 Å². The first-order chi connectivity index (χ1) is 6.00. The minimum Gasteiger partial charge on any atom is -0.484 e. The summed E-state index contributed by atoms with van der Waals surface area (Å²) < 4.78 is 0. The SMILES string of the molecule is Cl.Cl.[C-]1=CC=CC1.[CH3-].[CH3-].[CH3-].[CH3-].[CH3-].[SiH2]=[Ti].[c-]1ccc[nH]1. The topological polar surface area (TPSA) is 15.8 Å². The number of H-pyrrole nitrogens is 1. The van der Waals surface area contributed by atoms with Crippen LogP contribution in [0.4, 0.5) is 0 Å². The molecule has 0 fully saturated rings. The number of allylic oxidation sites excluding steroid dienone is 4. The summed E-state index contributed by atoms with van der Waals surface area (Å²) in [5.41, 5.74) is 0. The molecule has 1 aromatic rings. The summed E-state index contributed by atoms with van der Waals surface area (Å²) in [7, 11) is 1.86. The van der Waals surface area contributed by atoms with Crippen LogP contribution in [0, 0.1) is 49.4 Å². The second-order valence-corrected chi connectivity index (χ2v) is 1.82. The van der Waals surface area contributed by atoms with Gasteiger partial charge in [-0.2, -0.15) is 24.4 Å². The molecular weight excluding hydrogens is 329 g/mol. The third kappa shape index (κ3) is 45.9. The molecular formula is C14H28Cl2NSiTi-7. The van der Waals surface area contributed by atoms with Gasteiger partial charge in [0.25, 0.3) is 0 Å². The van der Waals surface area contributed by atoms with Gasteiger partial charge in [0.15, 0.2) is 0 Å². The molecule has 0 saturated heterocycles. The van der Waals surface area contributed by atoms with Gasteiger partial charge < -0.3 is 42.1 Å². The Morgan fingerprint density at radius 1 is 1.00 bits per heavy atom. The van der Waals surface area contributed by atoms with E-state index in [9.17, 15) is 0 Å². The van der Waals surface area contributed by atoms with Crippen LogP contribution in [0.3, 0.4) is 0 Å². The van der Waals surface area contributed by atoms with Crippen molar-refractivity contribution in [1.29, 1.82) is 0 Å². The van der Waals surface area contributed by atoms with Crippen LogP contribution in [0.2, 0.25) is 0 Å². The van der Waals surface area contributed by atoms with E-state index in [1.54, 1.807) is 0 Å². The maximum atomic E-state index is 2.99. The maximum absolute atomic E-state index is 2.99. The van der Waals surface area contributed by atoms with E-state index in [-0.39, 0.29) is 61.9 Å². The molecule has 1 aromatic heterocycles. The molecule has 0 unspecified atom stereocenters. The average molecular weight is 357 g/mol. The van der Waals surface area contributed by atoms with Crippen LogP contribution in [-0.2, 0) is 19.2 Å². The largest absolute Gasteiger partial charge is 0.484 e. The van der Waals surface area contributed by atoms with Gasteiger partial charge in [-0.15, -0.1) is 37.4 Å². The van der Waals surface area contributed by atoms with Gasteiger partial charge in [0.1, 0.15) is 0 Å². The standard InChI is InChI=1S/C5H5.C4H4N.5CH3.2ClH.H2Si.Ti/c2*1-2-4-5-3-1;;;;;;;;;/h1-3H,4H2;1-3,5H;5*1H3;2*1H;1H2;/q7*-1;;;;. The molecule has 1 aliphatic rings.